The quantitative estimate of drug-likeness (QED) is 0.285. The van der Waals surface area contributed by atoms with E-state index in [0.717, 1.165) is 64.7 Å². The lowest BCUT2D eigenvalue weighted by Crippen LogP contribution is -2.15. The number of ether oxygens (including phenoxy) is 3. The largest absolute Gasteiger partial charge is 0.381 e. The Kier molecular flexibility index (Phi) is 16.9. The summed E-state index contributed by atoms with van der Waals surface area (Å²) in [5.74, 6) is 4.65. The van der Waals surface area contributed by atoms with E-state index in [4.69, 9.17) is 14.2 Å². The van der Waals surface area contributed by atoms with E-state index in [1.165, 1.54) is 17.3 Å². The molecule has 0 aromatic heterocycles. The van der Waals surface area contributed by atoms with E-state index in [1.54, 1.807) is 0 Å². The molecule has 3 nitrogen and oxygen atoms in total. The Balaban J connectivity index is 3.07. The van der Waals surface area contributed by atoms with Crippen LogP contribution in [-0.4, -0.2) is 62.7 Å². The standard InChI is InChI=1S/C21H44O3S2/c1-20(2,3)18-23-11-8-15-25-14-7-10-22-13-17-26-16-9-12-24-19-21(4,5)6/h7-19H2,1-6H3. The van der Waals surface area contributed by atoms with Gasteiger partial charge in [-0.2, -0.15) is 23.5 Å². The second-order valence-corrected chi connectivity index (χ2v) is 11.6. The Bertz CT molecular complexity index is 269. The normalized spacial score (nSPS) is 12.7. The number of thioether (sulfide) groups is 2. The van der Waals surface area contributed by atoms with Crippen molar-refractivity contribution in [1.29, 1.82) is 0 Å². The Morgan fingerprint density at radius 3 is 1.31 bits per heavy atom. The second-order valence-electron chi connectivity index (χ2n) is 9.12. The minimum atomic E-state index is 0.277. The van der Waals surface area contributed by atoms with Gasteiger partial charge in [0, 0.05) is 25.6 Å². The van der Waals surface area contributed by atoms with Crippen LogP contribution in [0.15, 0.2) is 0 Å². The molecule has 0 aromatic carbocycles. The van der Waals surface area contributed by atoms with Crippen molar-refractivity contribution in [2.75, 3.05) is 62.7 Å². The summed E-state index contributed by atoms with van der Waals surface area (Å²) in [6, 6.07) is 0. The van der Waals surface area contributed by atoms with Crippen LogP contribution in [0, 0.1) is 10.8 Å². The lowest BCUT2D eigenvalue weighted by atomic mass is 9.99. The van der Waals surface area contributed by atoms with Gasteiger partial charge in [-0.15, -0.1) is 0 Å². The summed E-state index contributed by atoms with van der Waals surface area (Å²) >= 11 is 3.98. The summed E-state index contributed by atoms with van der Waals surface area (Å²) in [4.78, 5) is 0. The maximum Gasteiger partial charge on any atom is 0.0556 e. The Morgan fingerprint density at radius 2 is 0.885 bits per heavy atom. The van der Waals surface area contributed by atoms with Crippen LogP contribution in [0.25, 0.3) is 0 Å². The zero-order chi connectivity index (χ0) is 19.7. The molecule has 0 aliphatic rings. The fourth-order valence-corrected chi connectivity index (χ4v) is 3.58. The van der Waals surface area contributed by atoms with Gasteiger partial charge in [0.15, 0.2) is 0 Å². The van der Waals surface area contributed by atoms with Gasteiger partial charge in [-0.25, -0.2) is 0 Å². The number of hydrogen-bond donors (Lipinski definition) is 0. The fraction of sp³-hybridized carbons (Fsp3) is 1.00. The van der Waals surface area contributed by atoms with Gasteiger partial charge in [0.1, 0.15) is 0 Å². The van der Waals surface area contributed by atoms with Crippen molar-refractivity contribution in [2.45, 2.75) is 60.8 Å². The Hall–Kier alpha value is 0.580. The van der Waals surface area contributed by atoms with Gasteiger partial charge >= 0.3 is 0 Å². The molecule has 0 bridgehead atoms. The lowest BCUT2D eigenvalue weighted by molar-refractivity contribution is 0.0722. The van der Waals surface area contributed by atoms with Crippen molar-refractivity contribution >= 4 is 23.5 Å². The zero-order valence-corrected chi connectivity index (χ0v) is 19.9. The van der Waals surface area contributed by atoms with Crippen molar-refractivity contribution < 1.29 is 14.2 Å². The smallest absolute Gasteiger partial charge is 0.0556 e. The molecule has 0 aliphatic carbocycles. The van der Waals surface area contributed by atoms with Crippen molar-refractivity contribution in [3.63, 3.8) is 0 Å². The highest BCUT2D eigenvalue weighted by molar-refractivity contribution is 7.99. The van der Waals surface area contributed by atoms with Gasteiger partial charge in [-0.3, -0.25) is 0 Å². The van der Waals surface area contributed by atoms with Crippen molar-refractivity contribution in [3.05, 3.63) is 0 Å². The fourth-order valence-electron chi connectivity index (χ4n) is 1.97. The van der Waals surface area contributed by atoms with Crippen LogP contribution < -0.4 is 0 Å². The zero-order valence-electron chi connectivity index (χ0n) is 18.2. The first-order valence-corrected chi connectivity index (χ1v) is 12.4. The monoisotopic (exact) mass is 408 g/mol. The minimum absolute atomic E-state index is 0.277. The Labute approximate surface area is 172 Å². The molecule has 0 saturated heterocycles. The molecule has 0 unspecified atom stereocenters. The van der Waals surface area contributed by atoms with Crippen LogP contribution in [0.4, 0.5) is 0 Å². The summed E-state index contributed by atoms with van der Waals surface area (Å²) in [6.07, 6.45) is 3.44. The third-order valence-electron chi connectivity index (χ3n) is 3.17. The molecule has 0 atom stereocenters. The predicted molar refractivity (Wildman–Crippen MR) is 120 cm³/mol. The van der Waals surface area contributed by atoms with Gasteiger partial charge in [0.05, 0.1) is 19.8 Å². The number of hydrogen-bond acceptors (Lipinski definition) is 5. The highest BCUT2D eigenvalue weighted by Crippen LogP contribution is 2.14. The SMILES string of the molecule is CC(C)(C)COCCCSCCCOCCSCCCOCC(C)(C)C. The van der Waals surface area contributed by atoms with E-state index in [-0.39, 0.29) is 10.8 Å². The van der Waals surface area contributed by atoms with Gasteiger partial charge in [-0.05, 0) is 47.4 Å². The Morgan fingerprint density at radius 1 is 0.500 bits per heavy atom. The van der Waals surface area contributed by atoms with E-state index in [2.05, 4.69) is 41.5 Å². The molecule has 0 fully saturated rings. The third-order valence-corrected chi connectivity index (χ3v) is 5.36. The molecule has 0 aromatic rings. The average molecular weight is 409 g/mol. The van der Waals surface area contributed by atoms with Crippen LogP contribution in [0.3, 0.4) is 0 Å². The molecule has 0 rings (SSSR count). The minimum Gasteiger partial charge on any atom is -0.381 e. The molecule has 0 aliphatic heterocycles. The lowest BCUT2D eigenvalue weighted by Gasteiger charge is -2.17. The first-order chi connectivity index (χ1) is 12.2. The van der Waals surface area contributed by atoms with Crippen molar-refractivity contribution in [2.24, 2.45) is 10.8 Å². The second kappa shape index (κ2) is 16.5. The van der Waals surface area contributed by atoms with Crippen molar-refractivity contribution in [3.8, 4) is 0 Å². The highest BCUT2D eigenvalue weighted by atomic mass is 32.2. The molecule has 5 heteroatoms. The third kappa shape index (κ3) is 24.6. The van der Waals surface area contributed by atoms with Gasteiger partial charge < -0.3 is 14.2 Å². The van der Waals surface area contributed by atoms with Crippen LogP contribution in [0.2, 0.25) is 0 Å². The predicted octanol–water partition coefficient (Wildman–Crippen LogP) is 5.77. The highest BCUT2D eigenvalue weighted by Gasteiger charge is 2.10. The van der Waals surface area contributed by atoms with E-state index < -0.39 is 0 Å². The molecule has 0 N–H and O–H groups in total. The maximum atomic E-state index is 5.70. The summed E-state index contributed by atoms with van der Waals surface area (Å²) < 4.78 is 17.0. The van der Waals surface area contributed by atoms with Crippen LogP contribution >= 0.6 is 23.5 Å². The van der Waals surface area contributed by atoms with Gasteiger partial charge in [0.25, 0.3) is 0 Å². The van der Waals surface area contributed by atoms with E-state index in [9.17, 15) is 0 Å². The van der Waals surface area contributed by atoms with E-state index in [0.29, 0.717) is 0 Å². The van der Waals surface area contributed by atoms with Crippen LogP contribution in [0.5, 0.6) is 0 Å². The van der Waals surface area contributed by atoms with Crippen LogP contribution in [-0.2, 0) is 14.2 Å². The molecule has 158 valence electrons. The first-order valence-electron chi connectivity index (χ1n) is 10.1. The molecule has 0 radical (unpaired) electrons. The van der Waals surface area contributed by atoms with Gasteiger partial charge in [0.2, 0.25) is 0 Å². The van der Waals surface area contributed by atoms with Crippen molar-refractivity contribution in [1.82, 2.24) is 0 Å². The molecular weight excluding hydrogens is 364 g/mol. The molecule has 26 heavy (non-hydrogen) atoms. The maximum absolute atomic E-state index is 5.70. The first kappa shape index (κ1) is 26.6. The number of rotatable bonds is 17. The summed E-state index contributed by atoms with van der Waals surface area (Å²) in [5.41, 5.74) is 0.558. The molecule has 0 spiro atoms. The molecule has 0 heterocycles. The van der Waals surface area contributed by atoms with E-state index >= 15 is 0 Å². The summed E-state index contributed by atoms with van der Waals surface area (Å²) in [5, 5.41) is 0. The van der Waals surface area contributed by atoms with Crippen LogP contribution in [0.1, 0.15) is 60.8 Å². The topological polar surface area (TPSA) is 27.7 Å². The molecule has 0 amide bonds. The molecular formula is C21H44O3S2. The average Bonchev–Trinajstić information content (AvgIpc) is 2.51. The summed E-state index contributed by atoms with van der Waals surface area (Å²) in [7, 11) is 0. The molecule has 0 saturated carbocycles. The summed E-state index contributed by atoms with van der Waals surface area (Å²) in [6.45, 7) is 18.5. The van der Waals surface area contributed by atoms with Gasteiger partial charge in [-0.1, -0.05) is 41.5 Å². The van der Waals surface area contributed by atoms with E-state index in [1.807, 2.05) is 23.5 Å².